The van der Waals surface area contributed by atoms with Crippen LogP contribution in [0.15, 0.2) is 35.3 Å². The van der Waals surface area contributed by atoms with Crippen LogP contribution in [0, 0.1) is 23.2 Å². The van der Waals surface area contributed by atoms with E-state index in [9.17, 15) is 18.4 Å². The minimum Gasteiger partial charge on any atom is -0.496 e. The number of nitrogens with zero attached hydrogens (tertiary/aromatic N) is 3. The number of hydrogen-bond donors (Lipinski definition) is 1. The van der Waals surface area contributed by atoms with Crippen molar-refractivity contribution in [3.8, 4) is 28.7 Å². The van der Waals surface area contributed by atoms with Crippen LogP contribution in [0.5, 0.6) is 5.75 Å². The fourth-order valence-electron chi connectivity index (χ4n) is 4.01. The van der Waals surface area contributed by atoms with Gasteiger partial charge in [0, 0.05) is 41.9 Å². The van der Waals surface area contributed by atoms with Gasteiger partial charge in [-0.15, -0.1) is 10.2 Å². The minimum absolute atomic E-state index is 0.00399. The van der Waals surface area contributed by atoms with Gasteiger partial charge >= 0.3 is 0 Å². The van der Waals surface area contributed by atoms with E-state index in [1.165, 1.54) is 56.0 Å². The highest BCUT2D eigenvalue weighted by Gasteiger charge is 2.62. The molecule has 2 aliphatic rings. The number of ether oxygens (including phenoxy) is 1. The van der Waals surface area contributed by atoms with Crippen LogP contribution in [-0.2, 0) is 7.05 Å². The number of methoxy groups -OCH3 is 1. The SMILES string of the molecule is COc1ccc(C(F)F)cc1-c1cn(C)c(=O)cc1C(=O)Nc1nnc(C#CC2CC23CC3)s1. The maximum Gasteiger partial charge on any atom is 0.263 e. The van der Waals surface area contributed by atoms with Crippen molar-refractivity contribution < 1.29 is 18.3 Å². The second kappa shape index (κ2) is 8.33. The van der Waals surface area contributed by atoms with Gasteiger partial charge in [0.2, 0.25) is 5.13 Å². The van der Waals surface area contributed by atoms with E-state index in [1.54, 1.807) is 0 Å². The molecular formula is C24H20F2N4O3S. The monoisotopic (exact) mass is 482 g/mol. The van der Waals surface area contributed by atoms with E-state index in [4.69, 9.17) is 4.74 Å². The summed E-state index contributed by atoms with van der Waals surface area (Å²) in [4.78, 5) is 25.4. The van der Waals surface area contributed by atoms with Gasteiger partial charge < -0.3 is 9.30 Å². The molecule has 2 aliphatic carbocycles. The van der Waals surface area contributed by atoms with E-state index >= 15 is 0 Å². The third kappa shape index (κ3) is 4.19. The number of amides is 1. The van der Waals surface area contributed by atoms with Crippen LogP contribution < -0.4 is 15.6 Å². The maximum absolute atomic E-state index is 13.4. The molecule has 1 N–H and O–H groups in total. The van der Waals surface area contributed by atoms with Crippen LogP contribution in [-0.4, -0.2) is 27.8 Å². The molecule has 174 valence electrons. The zero-order valence-electron chi connectivity index (χ0n) is 18.4. The van der Waals surface area contributed by atoms with E-state index in [0.717, 1.165) is 23.8 Å². The molecule has 1 amide bonds. The molecule has 0 saturated heterocycles. The zero-order valence-corrected chi connectivity index (χ0v) is 19.2. The summed E-state index contributed by atoms with van der Waals surface area (Å²) >= 11 is 1.13. The van der Waals surface area contributed by atoms with E-state index in [-0.39, 0.29) is 27.4 Å². The molecule has 2 saturated carbocycles. The summed E-state index contributed by atoms with van der Waals surface area (Å²) in [7, 11) is 2.91. The van der Waals surface area contributed by atoms with Gasteiger partial charge in [-0.1, -0.05) is 17.3 Å². The normalized spacial score (nSPS) is 17.3. The Morgan fingerprint density at radius 1 is 1.29 bits per heavy atom. The van der Waals surface area contributed by atoms with Crippen molar-refractivity contribution in [1.82, 2.24) is 14.8 Å². The van der Waals surface area contributed by atoms with Crippen molar-refractivity contribution in [3.63, 3.8) is 0 Å². The molecule has 2 fully saturated rings. The Morgan fingerprint density at radius 2 is 2.09 bits per heavy atom. The Labute approximate surface area is 197 Å². The highest BCUT2D eigenvalue weighted by atomic mass is 32.1. The highest BCUT2D eigenvalue weighted by molar-refractivity contribution is 7.15. The predicted octanol–water partition coefficient (Wildman–Crippen LogP) is 4.25. The Bertz CT molecular complexity index is 1420. The number of aromatic nitrogens is 3. The van der Waals surface area contributed by atoms with Gasteiger partial charge in [-0.2, -0.15) is 0 Å². The van der Waals surface area contributed by atoms with Gasteiger partial charge in [0.25, 0.3) is 17.9 Å². The Hall–Kier alpha value is -3.58. The summed E-state index contributed by atoms with van der Waals surface area (Å²) < 4.78 is 33.3. The van der Waals surface area contributed by atoms with E-state index in [0.29, 0.717) is 22.1 Å². The van der Waals surface area contributed by atoms with Gasteiger partial charge in [0.05, 0.1) is 12.7 Å². The molecule has 0 radical (unpaired) electrons. The van der Waals surface area contributed by atoms with Crippen molar-refractivity contribution >= 4 is 22.4 Å². The summed E-state index contributed by atoms with van der Waals surface area (Å²) in [5.41, 5.74) is 0.347. The fraction of sp³-hybridized carbons (Fsp3) is 0.333. The first kappa shape index (κ1) is 22.2. The number of hydrogen-bond acceptors (Lipinski definition) is 6. The molecule has 34 heavy (non-hydrogen) atoms. The standard InChI is InChI=1S/C24H20F2N4O3S/c1-30-12-17(15-9-13(21(25)26)3-5-18(15)33-2)16(10-20(30)31)22(32)27-23-29-28-19(34-23)6-4-14-11-24(14)7-8-24/h3,5,9-10,12,14,21H,7-8,11H2,1-2H3,(H,27,29,32). The molecule has 2 heterocycles. The molecule has 0 bridgehead atoms. The summed E-state index contributed by atoms with van der Waals surface area (Å²) in [6, 6.07) is 5.07. The smallest absolute Gasteiger partial charge is 0.263 e. The Kier molecular flexibility index (Phi) is 5.44. The lowest BCUT2D eigenvalue weighted by molar-refractivity contribution is 0.102. The lowest BCUT2D eigenvalue weighted by atomic mass is 9.98. The topological polar surface area (TPSA) is 86.1 Å². The molecule has 7 nitrogen and oxygen atoms in total. The number of carbonyl (C=O) groups is 1. The van der Waals surface area contributed by atoms with Gasteiger partial charge in [0.15, 0.2) is 5.01 Å². The Morgan fingerprint density at radius 3 is 2.76 bits per heavy atom. The van der Waals surface area contributed by atoms with Gasteiger partial charge in [-0.25, -0.2) is 8.78 Å². The number of pyridine rings is 1. The highest BCUT2D eigenvalue weighted by Crippen LogP contribution is 2.70. The second-order valence-electron chi connectivity index (χ2n) is 8.57. The number of aryl methyl sites for hydroxylation is 1. The average Bonchev–Trinajstić information content (AvgIpc) is 3.70. The molecule has 1 spiro atoms. The van der Waals surface area contributed by atoms with Crippen LogP contribution in [0.2, 0.25) is 0 Å². The molecule has 2 aromatic heterocycles. The zero-order chi connectivity index (χ0) is 24.0. The summed E-state index contributed by atoms with van der Waals surface area (Å²) in [6.07, 6.45) is 2.34. The van der Waals surface area contributed by atoms with Crippen LogP contribution in [0.25, 0.3) is 11.1 Å². The van der Waals surface area contributed by atoms with Crippen LogP contribution in [0.1, 0.15) is 46.6 Å². The fourth-order valence-corrected chi connectivity index (χ4v) is 4.61. The number of carbonyl (C=O) groups excluding carboxylic acids is 1. The number of benzene rings is 1. The van der Waals surface area contributed by atoms with Crippen LogP contribution in [0.3, 0.4) is 0 Å². The van der Waals surface area contributed by atoms with E-state index < -0.39 is 17.9 Å². The lowest BCUT2D eigenvalue weighted by Gasteiger charge is -2.15. The Balaban J connectivity index is 1.45. The lowest BCUT2D eigenvalue weighted by Crippen LogP contribution is -2.21. The van der Waals surface area contributed by atoms with Crippen molar-refractivity contribution in [2.45, 2.75) is 25.7 Å². The third-order valence-electron chi connectivity index (χ3n) is 6.32. The molecule has 3 aromatic rings. The second-order valence-corrected chi connectivity index (χ2v) is 9.54. The third-order valence-corrected chi connectivity index (χ3v) is 7.07. The van der Waals surface area contributed by atoms with Crippen LogP contribution >= 0.6 is 11.3 Å². The van der Waals surface area contributed by atoms with Crippen molar-refractivity contribution in [1.29, 1.82) is 0 Å². The molecule has 10 heteroatoms. The van der Waals surface area contributed by atoms with Crippen molar-refractivity contribution in [2.24, 2.45) is 18.4 Å². The largest absolute Gasteiger partial charge is 0.496 e. The predicted molar refractivity (Wildman–Crippen MR) is 123 cm³/mol. The first-order valence-electron chi connectivity index (χ1n) is 10.6. The maximum atomic E-state index is 13.4. The quantitative estimate of drug-likeness (QED) is 0.550. The van der Waals surface area contributed by atoms with Gasteiger partial charge in [-0.3, -0.25) is 14.9 Å². The summed E-state index contributed by atoms with van der Waals surface area (Å²) in [5.74, 6) is 6.34. The molecule has 1 atom stereocenters. The first-order chi connectivity index (χ1) is 16.3. The molecule has 0 aliphatic heterocycles. The average molecular weight is 483 g/mol. The number of halogens is 2. The van der Waals surface area contributed by atoms with Gasteiger partial charge in [-0.05, 0) is 48.8 Å². The molecule has 5 rings (SSSR count). The molecule has 1 unspecified atom stereocenters. The molecular weight excluding hydrogens is 462 g/mol. The summed E-state index contributed by atoms with van der Waals surface area (Å²) in [6.45, 7) is 0. The molecule has 1 aromatic carbocycles. The number of alkyl halides is 2. The number of anilines is 1. The van der Waals surface area contributed by atoms with Crippen molar-refractivity contribution in [3.05, 3.63) is 57.0 Å². The van der Waals surface area contributed by atoms with E-state index in [1.807, 2.05) is 0 Å². The van der Waals surface area contributed by atoms with E-state index in [2.05, 4.69) is 27.4 Å². The number of nitrogens with one attached hydrogen (secondary N) is 1. The minimum atomic E-state index is -2.71. The van der Waals surface area contributed by atoms with Gasteiger partial charge in [0.1, 0.15) is 5.75 Å². The van der Waals surface area contributed by atoms with Crippen LogP contribution in [0.4, 0.5) is 13.9 Å². The first-order valence-corrected chi connectivity index (χ1v) is 11.4. The number of rotatable bonds is 5. The summed E-state index contributed by atoms with van der Waals surface area (Å²) in [5, 5.41) is 11.3. The van der Waals surface area contributed by atoms with Crippen molar-refractivity contribution in [2.75, 3.05) is 12.4 Å².